The number of hydrogen-bond acceptors (Lipinski definition) is 2. The summed E-state index contributed by atoms with van der Waals surface area (Å²) in [5, 5.41) is 12.8. The van der Waals surface area contributed by atoms with Crippen molar-refractivity contribution in [3.05, 3.63) is 29.8 Å². The van der Waals surface area contributed by atoms with Crippen molar-refractivity contribution in [3.8, 4) is 5.75 Å². The zero-order valence-electron chi connectivity index (χ0n) is 13.2. The molecule has 1 atom stereocenters. The van der Waals surface area contributed by atoms with Crippen LogP contribution in [-0.4, -0.2) is 11.7 Å². The number of rotatable bonds is 11. The third-order valence-corrected chi connectivity index (χ3v) is 3.87. The predicted octanol–water partition coefficient (Wildman–Crippen LogP) is 5.18. The van der Waals surface area contributed by atoms with Crippen molar-refractivity contribution in [1.82, 2.24) is 5.32 Å². The van der Waals surface area contributed by atoms with E-state index in [1.807, 2.05) is 12.1 Å². The van der Waals surface area contributed by atoms with Crippen molar-refractivity contribution in [1.29, 1.82) is 0 Å². The van der Waals surface area contributed by atoms with E-state index in [4.69, 9.17) is 0 Å². The first-order valence-electron chi connectivity index (χ1n) is 8.26. The van der Waals surface area contributed by atoms with Gasteiger partial charge in [0, 0.05) is 6.04 Å². The summed E-state index contributed by atoms with van der Waals surface area (Å²) in [4.78, 5) is 0. The molecule has 0 bridgehead atoms. The highest BCUT2D eigenvalue weighted by Crippen LogP contribution is 2.16. The molecule has 1 aromatic rings. The highest BCUT2D eigenvalue weighted by molar-refractivity contribution is 5.27. The second-order valence-electron chi connectivity index (χ2n) is 5.74. The van der Waals surface area contributed by atoms with E-state index in [0.717, 1.165) is 6.54 Å². The zero-order chi connectivity index (χ0) is 14.6. The van der Waals surface area contributed by atoms with Gasteiger partial charge in [0.15, 0.2) is 0 Å². The fraction of sp³-hybridized carbons (Fsp3) is 0.667. The summed E-state index contributed by atoms with van der Waals surface area (Å²) in [5.74, 6) is 0.337. The lowest BCUT2D eigenvalue weighted by Gasteiger charge is -2.14. The summed E-state index contributed by atoms with van der Waals surface area (Å²) in [6.45, 7) is 5.52. The molecule has 0 aliphatic carbocycles. The fourth-order valence-electron chi connectivity index (χ4n) is 2.46. The van der Waals surface area contributed by atoms with Crippen molar-refractivity contribution < 1.29 is 5.11 Å². The lowest BCUT2D eigenvalue weighted by molar-refractivity contribution is 0.474. The molecule has 0 radical (unpaired) electrons. The Labute approximate surface area is 124 Å². The summed E-state index contributed by atoms with van der Waals surface area (Å²) in [7, 11) is 0. The van der Waals surface area contributed by atoms with E-state index >= 15 is 0 Å². The van der Waals surface area contributed by atoms with Crippen molar-refractivity contribution in [3.63, 3.8) is 0 Å². The molecule has 2 nitrogen and oxygen atoms in total. The molecule has 0 aliphatic heterocycles. The maximum atomic E-state index is 9.27. The Bertz CT molecular complexity index is 334. The standard InChI is InChI=1S/C18H31NO/c1-3-4-5-6-7-8-9-10-15-19-16(2)17-11-13-18(20)14-12-17/h11-14,16,19-20H,3-10,15H2,1-2H3. The molecule has 2 heteroatoms. The Morgan fingerprint density at radius 3 is 2.05 bits per heavy atom. The molecule has 114 valence electrons. The largest absolute Gasteiger partial charge is 0.508 e. The fourth-order valence-corrected chi connectivity index (χ4v) is 2.46. The van der Waals surface area contributed by atoms with Crippen LogP contribution < -0.4 is 5.32 Å². The first-order chi connectivity index (χ1) is 9.74. The number of phenols is 1. The maximum Gasteiger partial charge on any atom is 0.115 e. The summed E-state index contributed by atoms with van der Waals surface area (Å²) in [5.41, 5.74) is 1.24. The molecule has 2 N–H and O–H groups in total. The highest BCUT2D eigenvalue weighted by atomic mass is 16.3. The minimum absolute atomic E-state index is 0.337. The maximum absolute atomic E-state index is 9.27. The van der Waals surface area contributed by atoms with E-state index in [-0.39, 0.29) is 0 Å². The van der Waals surface area contributed by atoms with Gasteiger partial charge in [-0.15, -0.1) is 0 Å². The molecule has 0 spiro atoms. The van der Waals surface area contributed by atoms with E-state index in [9.17, 15) is 5.11 Å². The molecule has 0 aliphatic rings. The van der Waals surface area contributed by atoms with Gasteiger partial charge in [-0.3, -0.25) is 0 Å². The Morgan fingerprint density at radius 1 is 0.900 bits per heavy atom. The molecule has 1 rings (SSSR count). The van der Waals surface area contributed by atoms with Gasteiger partial charge in [0.2, 0.25) is 0 Å². The van der Waals surface area contributed by atoms with Gasteiger partial charge in [0.1, 0.15) is 5.75 Å². The van der Waals surface area contributed by atoms with Gasteiger partial charge in [-0.25, -0.2) is 0 Å². The van der Waals surface area contributed by atoms with Crippen LogP contribution in [0.15, 0.2) is 24.3 Å². The lowest BCUT2D eigenvalue weighted by Crippen LogP contribution is -2.19. The highest BCUT2D eigenvalue weighted by Gasteiger charge is 2.03. The normalized spacial score (nSPS) is 12.5. The summed E-state index contributed by atoms with van der Waals surface area (Å²) >= 11 is 0. The van der Waals surface area contributed by atoms with Crippen LogP contribution >= 0.6 is 0 Å². The van der Waals surface area contributed by atoms with Crippen molar-refractivity contribution in [2.24, 2.45) is 0 Å². The first kappa shape index (κ1) is 17.0. The van der Waals surface area contributed by atoms with Crippen LogP contribution in [-0.2, 0) is 0 Å². The van der Waals surface area contributed by atoms with Crippen molar-refractivity contribution in [2.45, 2.75) is 71.3 Å². The van der Waals surface area contributed by atoms with Crippen LogP contribution in [0.3, 0.4) is 0 Å². The molecule has 0 fully saturated rings. The Balaban J connectivity index is 1.99. The third-order valence-electron chi connectivity index (χ3n) is 3.87. The third kappa shape index (κ3) is 7.54. The van der Waals surface area contributed by atoms with E-state index in [1.165, 1.54) is 56.9 Å². The van der Waals surface area contributed by atoms with Crippen LogP contribution in [0.5, 0.6) is 5.75 Å². The molecular weight excluding hydrogens is 246 g/mol. The number of benzene rings is 1. The van der Waals surface area contributed by atoms with Crippen molar-refractivity contribution in [2.75, 3.05) is 6.54 Å². The number of phenolic OH excluding ortho intramolecular Hbond substituents is 1. The van der Waals surface area contributed by atoms with E-state index in [0.29, 0.717) is 11.8 Å². The second kappa shape index (κ2) is 10.7. The van der Waals surface area contributed by atoms with Crippen LogP contribution in [0.2, 0.25) is 0 Å². The average molecular weight is 277 g/mol. The number of nitrogens with one attached hydrogen (secondary N) is 1. The van der Waals surface area contributed by atoms with Crippen LogP contribution in [0.1, 0.15) is 76.8 Å². The van der Waals surface area contributed by atoms with Crippen LogP contribution in [0.25, 0.3) is 0 Å². The minimum Gasteiger partial charge on any atom is -0.508 e. The molecule has 0 heterocycles. The van der Waals surface area contributed by atoms with E-state index in [2.05, 4.69) is 19.2 Å². The summed E-state index contributed by atoms with van der Waals surface area (Å²) < 4.78 is 0. The van der Waals surface area contributed by atoms with Gasteiger partial charge in [-0.1, -0.05) is 64.0 Å². The molecule has 0 saturated carbocycles. The monoisotopic (exact) mass is 277 g/mol. The van der Waals surface area contributed by atoms with Gasteiger partial charge >= 0.3 is 0 Å². The summed E-state index contributed by atoms with van der Waals surface area (Å²) in [6.07, 6.45) is 10.9. The van der Waals surface area contributed by atoms with Crippen LogP contribution in [0.4, 0.5) is 0 Å². The number of aromatic hydroxyl groups is 1. The predicted molar refractivity (Wildman–Crippen MR) is 87.1 cm³/mol. The molecule has 0 saturated heterocycles. The number of hydrogen-bond donors (Lipinski definition) is 2. The minimum atomic E-state index is 0.337. The van der Waals surface area contributed by atoms with Gasteiger partial charge in [0.25, 0.3) is 0 Å². The zero-order valence-corrected chi connectivity index (χ0v) is 13.2. The first-order valence-corrected chi connectivity index (χ1v) is 8.26. The smallest absolute Gasteiger partial charge is 0.115 e. The van der Waals surface area contributed by atoms with Gasteiger partial charge in [0.05, 0.1) is 0 Å². The molecule has 0 amide bonds. The average Bonchev–Trinajstić information content (AvgIpc) is 2.46. The lowest BCUT2D eigenvalue weighted by atomic mass is 10.1. The second-order valence-corrected chi connectivity index (χ2v) is 5.74. The van der Waals surface area contributed by atoms with E-state index in [1.54, 1.807) is 12.1 Å². The molecule has 20 heavy (non-hydrogen) atoms. The van der Waals surface area contributed by atoms with Crippen molar-refractivity contribution >= 4 is 0 Å². The summed E-state index contributed by atoms with van der Waals surface area (Å²) in [6, 6.07) is 7.84. The van der Waals surface area contributed by atoms with Gasteiger partial charge < -0.3 is 10.4 Å². The van der Waals surface area contributed by atoms with Gasteiger partial charge in [-0.2, -0.15) is 0 Å². The van der Waals surface area contributed by atoms with Gasteiger partial charge in [-0.05, 0) is 37.6 Å². The SMILES string of the molecule is CCCCCCCCCCNC(C)c1ccc(O)cc1. The Hall–Kier alpha value is -1.02. The number of unbranched alkanes of at least 4 members (excludes halogenated alkanes) is 7. The van der Waals surface area contributed by atoms with E-state index < -0.39 is 0 Å². The topological polar surface area (TPSA) is 32.3 Å². The quantitative estimate of drug-likeness (QED) is 0.546. The molecule has 0 aromatic heterocycles. The molecule has 1 aromatic carbocycles. The Kier molecular flexibility index (Phi) is 9.14. The molecular formula is C18H31NO. The molecule has 1 unspecified atom stereocenters. The Morgan fingerprint density at radius 2 is 1.45 bits per heavy atom. The van der Waals surface area contributed by atoms with Crippen LogP contribution in [0, 0.1) is 0 Å².